The maximum atomic E-state index is 5.90. The average molecular weight is 335 g/mol. The number of rotatable bonds is 3. The van der Waals surface area contributed by atoms with Crippen molar-refractivity contribution < 1.29 is 4.57 Å². The minimum atomic E-state index is 0.745. The number of aryl methyl sites for hydroxylation is 2. The highest BCUT2D eigenvalue weighted by atomic mass is 15.3. The highest BCUT2D eigenvalue weighted by Crippen LogP contribution is 2.25. The van der Waals surface area contributed by atoms with Crippen LogP contribution in [-0.4, -0.2) is 17.7 Å². The van der Waals surface area contributed by atoms with Crippen molar-refractivity contribution in [2.75, 3.05) is 23.7 Å². The van der Waals surface area contributed by atoms with Crippen LogP contribution in [0.2, 0.25) is 0 Å². The Morgan fingerprint density at radius 1 is 1.00 bits per heavy atom. The van der Waals surface area contributed by atoms with Crippen LogP contribution < -0.4 is 15.2 Å². The number of azo groups is 1. The van der Waals surface area contributed by atoms with E-state index in [0.29, 0.717) is 0 Å². The summed E-state index contributed by atoms with van der Waals surface area (Å²) in [4.78, 5) is 2.41. The third-order valence-electron chi connectivity index (χ3n) is 4.90. The van der Waals surface area contributed by atoms with Crippen molar-refractivity contribution in [2.24, 2.45) is 24.3 Å². The van der Waals surface area contributed by atoms with Gasteiger partial charge in [0.15, 0.2) is 0 Å². The molecule has 4 rings (SSSR count). The van der Waals surface area contributed by atoms with Gasteiger partial charge in [0.2, 0.25) is 0 Å². The van der Waals surface area contributed by atoms with E-state index in [0.717, 1.165) is 41.4 Å². The van der Waals surface area contributed by atoms with E-state index in [4.69, 9.17) is 5.73 Å². The lowest BCUT2D eigenvalue weighted by Crippen LogP contribution is -2.26. The predicted octanol–water partition coefficient (Wildman–Crippen LogP) is 3.60. The largest absolute Gasteiger partial charge is 0.422 e. The molecule has 1 aromatic heterocycles. The molecule has 1 saturated heterocycles. The Morgan fingerprint density at radius 2 is 1.72 bits per heavy atom. The van der Waals surface area contributed by atoms with Crippen LogP contribution in [0.1, 0.15) is 12.8 Å². The van der Waals surface area contributed by atoms with Crippen LogP contribution in [0.3, 0.4) is 0 Å². The zero-order valence-corrected chi connectivity index (χ0v) is 14.7. The van der Waals surface area contributed by atoms with Gasteiger partial charge in [-0.15, -0.1) is 0 Å². The Hall–Kier alpha value is -2.89. The maximum absolute atomic E-state index is 5.90. The molecule has 128 valence electrons. The fourth-order valence-corrected chi connectivity index (χ4v) is 3.48. The summed E-state index contributed by atoms with van der Waals surface area (Å²) in [5.74, 6) is 0.782. The average Bonchev–Trinajstić information content (AvgIpc) is 3.23. The van der Waals surface area contributed by atoms with Gasteiger partial charge < -0.3 is 10.6 Å². The third kappa shape index (κ3) is 2.84. The molecular formula is C19H23N6+. The summed E-state index contributed by atoms with van der Waals surface area (Å²) in [7, 11) is 3.97. The molecule has 1 aliphatic rings. The number of imidazole rings is 1. The summed E-state index contributed by atoms with van der Waals surface area (Å²) in [6, 6.07) is 14.2. The van der Waals surface area contributed by atoms with E-state index in [2.05, 4.69) is 27.3 Å². The fourth-order valence-electron chi connectivity index (χ4n) is 3.48. The molecule has 0 amide bonds. The van der Waals surface area contributed by atoms with Gasteiger partial charge in [-0.2, -0.15) is 0 Å². The quantitative estimate of drug-likeness (QED) is 0.451. The van der Waals surface area contributed by atoms with E-state index in [9.17, 15) is 0 Å². The zero-order chi connectivity index (χ0) is 17.4. The maximum Gasteiger partial charge on any atom is 0.422 e. The van der Waals surface area contributed by atoms with E-state index in [1.165, 1.54) is 18.5 Å². The first-order chi connectivity index (χ1) is 12.1. The van der Waals surface area contributed by atoms with Gasteiger partial charge in [-0.3, -0.25) is 0 Å². The smallest absolute Gasteiger partial charge is 0.399 e. The lowest BCUT2D eigenvalue weighted by atomic mass is 10.2. The lowest BCUT2D eigenvalue weighted by Gasteiger charge is -2.16. The fraction of sp³-hybridized carbons (Fsp3) is 0.316. The van der Waals surface area contributed by atoms with Crippen molar-refractivity contribution in [1.82, 2.24) is 4.57 Å². The SMILES string of the molecule is Cn1c(N=Nc2ccc(N3CCCC3)cc2)[n+](C)c2ccc(N)cc21. The van der Waals surface area contributed by atoms with Gasteiger partial charge in [0.05, 0.1) is 14.1 Å². The van der Waals surface area contributed by atoms with Crippen molar-refractivity contribution in [3.63, 3.8) is 0 Å². The van der Waals surface area contributed by atoms with Gasteiger partial charge in [-0.05, 0) is 49.2 Å². The first-order valence-electron chi connectivity index (χ1n) is 8.64. The zero-order valence-electron chi connectivity index (χ0n) is 14.7. The molecule has 0 aliphatic carbocycles. The number of nitrogens with zero attached hydrogens (tertiary/aromatic N) is 5. The molecule has 0 bridgehead atoms. The molecule has 6 nitrogen and oxygen atoms in total. The van der Waals surface area contributed by atoms with Crippen LogP contribution in [-0.2, 0) is 14.1 Å². The molecule has 2 aromatic carbocycles. The molecule has 0 spiro atoms. The topological polar surface area (TPSA) is 62.8 Å². The summed E-state index contributed by atoms with van der Waals surface area (Å²) in [5.41, 5.74) is 10.9. The van der Waals surface area contributed by atoms with E-state index >= 15 is 0 Å². The Balaban J connectivity index is 1.62. The van der Waals surface area contributed by atoms with Gasteiger partial charge in [0.25, 0.3) is 0 Å². The molecule has 25 heavy (non-hydrogen) atoms. The molecule has 0 radical (unpaired) electrons. The summed E-state index contributed by atoms with van der Waals surface area (Å²) < 4.78 is 4.03. The van der Waals surface area contributed by atoms with Crippen LogP contribution in [0.15, 0.2) is 52.7 Å². The molecule has 6 heteroatoms. The number of hydrogen-bond acceptors (Lipinski definition) is 4. The van der Waals surface area contributed by atoms with Crippen molar-refractivity contribution in [2.45, 2.75) is 12.8 Å². The summed E-state index contributed by atoms with van der Waals surface area (Å²) >= 11 is 0. The summed E-state index contributed by atoms with van der Waals surface area (Å²) in [5, 5.41) is 8.88. The standard InChI is InChI=1S/C19H23N6/c1-23-17-10-5-14(20)13-18(17)24(2)19(23)22-21-15-6-8-16(9-7-15)25-11-3-4-12-25/h5-10,13H,3-4,11-12,20H2,1-2H3/q+1. The number of aromatic nitrogens is 2. The minimum absolute atomic E-state index is 0.745. The number of nitrogen functional groups attached to an aromatic ring is 1. The molecule has 1 fully saturated rings. The third-order valence-corrected chi connectivity index (χ3v) is 4.90. The number of anilines is 2. The molecule has 0 saturated carbocycles. The van der Waals surface area contributed by atoms with Crippen molar-refractivity contribution >= 4 is 34.0 Å². The van der Waals surface area contributed by atoms with Gasteiger partial charge in [0.1, 0.15) is 16.7 Å². The van der Waals surface area contributed by atoms with E-state index < -0.39 is 0 Å². The van der Waals surface area contributed by atoms with E-state index in [1.54, 1.807) is 0 Å². The normalized spacial score (nSPS) is 14.9. The van der Waals surface area contributed by atoms with Crippen molar-refractivity contribution in [1.29, 1.82) is 0 Å². The molecule has 0 unspecified atom stereocenters. The van der Waals surface area contributed by atoms with Gasteiger partial charge in [0, 0.05) is 35.6 Å². The second-order valence-electron chi connectivity index (χ2n) is 6.58. The van der Waals surface area contributed by atoms with Gasteiger partial charge in [-0.1, -0.05) is 5.11 Å². The lowest BCUT2D eigenvalue weighted by molar-refractivity contribution is -0.632. The van der Waals surface area contributed by atoms with Crippen LogP contribution in [0.5, 0.6) is 0 Å². The number of benzene rings is 2. The summed E-state index contributed by atoms with van der Waals surface area (Å²) in [6.07, 6.45) is 2.56. The van der Waals surface area contributed by atoms with Crippen LogP contribution in [0.4, 0.5) is 23.0 Å². The highest BCUT2D eigenvalue weighted by Gasteiger charge is 2.19. The Kier molecular flexibility index (Phi) is 3.87. The number of hydrogen-bond donors (Lipinski definition) is 1. The Labute approximate surface area is 147 Å². The Bertz CT molecular complexity index is 933. The van der Waals surface area contributed by atoms with Crippen LogP contribution in [0, 0.1) is 0 Å². The van der Waals surface area contributed by atoms with Gasteiger partial charge in [-0.25, -0.2) is 9.13 Å². The number of fused-ring (bicyclic) bond motifs is 1. The monoisotopic (exact) mass is 335 g/mol. The van der Waals surface area contributed by atoms with E-state index in [1.807, 2.05) is 53.6 Å². The van der Waals surface area contributed by atoms with Crippen molar-refractivity contribution in [3.05, 3.63) is 42.5 Å². The Morgan fingerprint density at radius 3 is 2.44 bits per heavy atom. The highest BCUT2D eigenvalue weighted by molar-refractivity contribution is 5.77. The number of nitrogens with two attached hydrogens (primary N) is 1. The minimum Gasteiger partial charge on any atom is -0.399 e. The predicted molar refractivity (Wildman–Crippen MR) is 101 cm³/mol. The molecule has 2 N–H and O–H groups in total. The summed E-state index contributed by atoms with van der Waals surface area (Å²) in [6.45, 7) is 2.30. The van der Waals surface area contributed by atoms with Crippen LogP contribution in [0.25, 0.3) is 11.0 Å². The molecular weight excluding hydrogens is 312 g/mol. The molecule has 1 aliphatic heterocycles. The second-order valence-corrected chi connectivity index (χ2v) is 6.58. The van der Waals surface area contributed by atoms with Crippen LogP contribution >= 0.6 is 0 Å². The molecule has 3 aromatic rings. The molecule has 2 heterocycles. The second kappa shape index (κ2) is 6.20. The van der Waals surface area contributed by atoms with Crippen molar-refractivity contribution in [3.8, 4) is 0 Å². The first kappa shape index (κ1) is 15.6. The van der Waals surface area contributed by atoms with E-state index in [-0.39, 0.29) is 0 Å². The molecule has 0 atom stereocenters. The first-order valence-corrected chi connectivity index (χ1v) is 8.64. The van der Waals surface area contributed by atoms with Gasteiger partial charge >= 0.3 is 5.95 Å².